The van der Waals surface area contributed by atoms with Crippen molar-refractivity contribution >= 4 is 84.7 Å². The summed E-state index contributed by atoms with van der Waals surface area (Å²) in [6.07, 6.45) is 1.52. The van der Waals surface area contributed by atoms with E-state index in [0.29, 0.717) is 36.0 Å². The van der Waals surface area contributed by atoms with Crippen LogP contribution in [0.5, 0.6) is 5.75 Å². The van der Waals surface area contributed by atoms with Gasteiger partial charge in [-0.05, 0) is 86.8 Å². The van der Waals surface area contributed by atoms with Crippen LogP contribution in [0.4, 0.5) is 10.5 Å². The predicted octanol–water partition coefficient (Wildman–Crippen LogP) is 6.94. The summed E-state index contributed by atoms with van der Waals surface area (Å²) < 4.78 is 7.15. The van der Waals surface area contributed by atoms with Gasteiger partial charge in [-0.1, -0.05) is 47.0 Å². The van der Waals surface area contributed by atoms with Crippen LogP contribution in [0, 0.1) is 6.92 Å². The van der Waals surface area contributed by atoms with Gasteiger partial charge < -0.3 is 15.4 Å². The van der Waals surface area contributed by atoms with E-state index in [1.165, 1.54) is 6.08 Å². The SMILES string of the molecule is Cc1ccc(NC(=O)CN2C(=O)N/C(=C/c3cc(Br)c(OCc4ccc(Cl)cc4Cl)c(Br)c3)C2=O)cc1. The second-order valence-electron chi connectivity index (χ2n) is 8.13. The Hall–Kier alpha value is -2.85. The Labute approximate surface area is 240 Å². The molecular formula is C26H19Br2Cl2N3O4. The lowest BCUT2D eigenvalue weighted by molar-refractivity contribution is -0.127. The summed E-state index contributed by atoms with van der Waals surface area (Å²) in [5, 5.41) is 6.23. The Kier molecular flexibility index (Phi) is 8.59. The average Bonchev–Trinajstić information content (AvgIpc) is 3.08. The minimum absolute atomic E-state index is 0.0496. The van der Waals surface area contributed by atoms with Gasteiger partial charge in [-0.3, -0.25) is 9.59 Å². The molecule has 0 atom stereocenters. The van der Waals surface area contributed by atoms with E-state index in [1.54, 1.807) is 42.5 Å². The minimum Gasteiger partial charge on any atom is -0.486 e. The molecule has 7 nitrogen and oxygen atoms in total. The highest BCUT2D eigenvalue weighted by Gasteiger charge is 2.35. The third kappa shape index (κ3) is 6.73. The fourth-order valence-corrected chi connectivity index (χ4v) is 5.37. The van der Waals surface area contributed by atoms with Crippen molar-refractivity contribution < 1.29 is 19.1 Å². The predicted molar refractivity (Wildman–Crippen MR) is 151 cm³/mol. The molecule has 4 amide bonds. The molecule has 0 bridgehead atoms. The molecular weight excluding hydrogens is 649 g/mol. The molecule has 0 aliphatic carbocycles. The van der Waals surface area contributed by atoms with Gasteiger partial charge in [0.1, 0.15) is 24.6 Å². The van der Waals surface area contributed by atoms with Gasteiger partial charge in [0.15, 0.2) is 0 Å². The van der Waals surface area contributed by atoms with E-state index in [9.17, 15) is 14.4 Å². The van der Waals surface area contributed by atoms with Gasteiger partial charge in [-0.25, -0.2) is 9.69 Å². The van der Waals surface area contributed by atoms with Crippen LogP contribution in [0.3, 0.4) is 0 Å². The van der Waals surface area contributed by atoms with E-state index in [1.807, 2.05) is 19.1 Å². The van der Waals surface area contributed by atoms with Crippen molar-refractivity contribution in [2.45, 2.75) is 13.5 Å². The number of aryl methyl sites for hydroxylation is 1. The first kappa shape index (κ1) is 27.2. The molecule has 2 N–H and O–H groups in total. The van der Waals surface area contributed by atoms with Crippen molar-refractivity contribution in [1.29, 1.82) is 0 Å². The van der Waals surface area contributed by atoms with Crippen molar-refractivity contribution in [3.05, 3.63) is 96.0 Å². The van der Waals surface area contributed by atoms with Crippen molar-refractivity contribution in [2.75, 3.05) is 11.9 Å². The van der Waals surface area contributed by atoms with Gasteiger partial charge >= 0.3 is 6.03 Å². The molecule has 0 unspecified atom stereocenters. The highest BCUT2D eigenvalue weighted by Crippen LogP contribution is 2.36. The van der Waals surface area contributed by atoms with Gasteiger partial charge in [0.25, 0.3) is 5.91 Å². The lowest BCUT2D eigenvalue weighted by Crippen LogP contribution is -2.38. The number of anilines is 1. The molecule has 4 rings (SSSR count). The van der Waals surface area contributed by atoms with E-state index in [-0.39, 0.29) is 12.3 Å². The molecule has 37 heavy (non-hydrogen) atoms. The van der Waals surface area contributed by atoms with Gasteiger partial charge in [0.05, 0.1) is 8.95 Å². The van der Waals surface area contributed by atoms with Gasteiger partial charge in [-0.2, -0.15) is 0 Å². The number of amides is 4. The number of nitrogens with zero attached hydrogens (tertiary/aromatic N) is 1. The topological polar surface area (TPSA) is 87.7 Å². The van der Waals surface area contributed by atoms with Crippen molar-refractivity contribution in [2.24, 2.45) is 0 Å². The molecule has 3 aromatic rings. The quantitative estimate of drug-likeness (QED) is 0.211. The lowest BCUT2D eigenvalue weighted by Gasteiger charge is -2.13. The maximum atomic E-state index is 12.8. The summed E-state index contributed by atoms with van der Waals surface area (Å²) in [5.74, 6) is -0.556. The highest BCUT2D eigenvalue weighted by molar-refractivity contribution is 9.11. The smallest absolute Gasteiger partial charge is 0.329 e. The Morgan fingerprint density at radius 3 is 2.38 bits per heavy atom. The standard InChI is InChI=1S/C26H19Br2Cl2N3O4/c1-14-2-6-18(7-3-14)31-23(34)12-33-25(35)22(32-26(33)36)10-15-8-19(27)24(20(28)9-15)37-13-16-4-5-17(29)11-21(16)30/h2-11H,12-13H2,1H3,(H,31,34)(H,32,36)/b22-10+. The maximum Gasteiger partial charge on any atom is 0.329 e. The summed E-state index contributed by atoms with van der Waals surface area (Å²) in [7, 11) is 0. The molecule has 0 saturated carbocycles. The first-order chi connectivity index (χ1) is 17.6. The second kappa shape index (κ2) is 11.7. The number of hydrogen-bond donors (Lipinski definition) is 2. The molecule has 1 saturated heterocycles. The summed E-state index contributed by atoms with van der Waals surface area (Å²) in [6.45, 7) is 1.73. The zero-order chi connectivity index (χ0) is 26.7. The van der Waals surface area contributed by atoms with Crippen LogP contribution in [0.15, 0.2) is 69.2 Å². The molecule has 0 spiro atoms. The van der Waals surface area contributed by atoms with Crippen molar-refractivity contribution in [1.82, 2.24) is 10.2 Å². The molecule has 0 aromatic heterocycles. The summed E-state index contributed by atoms with van der Waals surface area (Å²) in [4.78, 5) is 38.5. The van der Waals surface area contributed by atoms with Crippen LogP contribution in [-0.4, -0.2) is 29.3 Å². The zero-order valence-corrected chi connectivity index (χ0v) is 24.0. The molecule has 0 radical (unpaired) electrons. The minimum atomic E-state index is -0.673. The molecule has 190 valence electrons. The number of carbonyl (C=O) groups is 3. The first-order valence-electron chi connectivity index (χ1n) is 10.9. The third-order valence-electron chi connectivity index (χ3n) is 5.32. The van der Waals surface area contributed by atoms with E-state index in [2.05, 4.69) is 42.5 Å². The molecule has 3 aromatic carbocycles. The van der Waals surface area contributed by atoms with Gasteiger partial charge in [0, 0.05) is 21.3 Å². The number of imide groups is 1. The number of carbonyl (C=O) groups excluding carboxylic acids is 3. The number of halogens is 4. The molecule has 1 heterocycles. The summed E-state index contributed by atoms with van der Waals surface area (Å²) in [5.41, 5.74) is 3.06. The Balaban J connectivity index is 1.44. The normalized spacial score (nSPS) is 14.2. The maximum absolute atomic E-state index is 12.8. The Morgan fingerprint density at radius 1 is 1.05 bits per heavy atom. The number of rotatable bonds is 7. The Bertz CT molecular complexity index is 1400. The average molecular weight is 668 g/mol. The van der Waals surface area contributed by atoms with E-state index in [0.717, 1.165) is 16.0 Å². The van der Waals surface area contributed by atoms with Crippen LogP contribution in [0.1, 0.15) is 16.7 Å². The molecule has 11 heteroatoms. The number of urea groups is 1. The number of benzene rings is 3. The van der Waals surface area contributed by atoms with Gasteiger partial charge in [0.2, 0.25) is 5.91 Å². The van der Waals surface area contributed by atoms with Crippen LogP contribution in [0.25, 0.3) is 6.08 Å². The Morgan fingerprint density at radius 2 is 1.73 bits per heavy atom. The van der Waals surface area contributed by atoms with Crippen LogP contribution in [0.2, 0.25) is 10.0 Å². The number of nitrogens with one attached hydrogen (secondary N) is 2. The van der Waals surface area contributed by atoms with Gasteiger partial charge in [-0.15, -0.1) is 0 Å². The molecule has 1 aliphatic heterocycles. The van der Waals surface area contributed by atoms with Crippen molar-refractivity contribution in [3.8, 4) is 5.75 Å². The van der Waals surface area contributed by atoms with E-state index in [4.69, 9.17) is 27.9 Å². The number of hydrogen-bond acceptors (Lipinski definition) is 4. The van der Waals surface area contributed by atoms with Crippen LogP contribution < -0.4 is 15.4 Å². The van der Waals surface area contributed by atoms with Crippen LogP contribution in [-0.2, 0) is 16.2 Å². The van der Waals surface area contributed by atoms with Crippen LogP contribution >= 0.6 is 55.1 Å². The van der Waals surface area contributed by atoms with E-state index >= 15 is 0 Å². The third-order valence-corrected chi connectivity index (χ3v) is 7.08. The monoisotopic (exact) mass is 665 g/mol. The second-order valence-corrected chi connectivity index (χ2v) is 10.7. The molecule has 1 fully saturated rings. The number of ether oxygens (including phenoxy) is 1. The largest absolute Gasteiger partial charge is 0.486 e. The zero-order valence-electron chi connectivity index (χ0n) is 19.3. The summed E-state index contributed by atoms with van der Waals surface area (Å²) in [6, 6.07) is 15.2. The van der Waals surface area contributed by atoms with Crippen molar-refractivity contribution in [3.63, 3.8) is 0 Å². The fourth-order valence-electron chi connectivity index (χ4n) is 3.45. The highest BCUT2D eigenvalue weighted by atomic mass is 79.9. The fraction of sp³-hybridized carbons (Fsp3) is 0.115. The summed E-state index contributed by atoms with van der Waals surface area (Å²) >= 11 is 19.1. The molecule has 1 aliphatic rings. The lowest BCUT2D eigenvalue weighted by atomic mass is 10.2. The van der Waals surface area contributed by atoms with E-state index < -0.39 is 24.4 Å². The first-order valence-corrected chi connectivity index (χ1v) is 13.2.